The number of rotatable bonds is 7. The van der Waals surface area contributed by atoms with Gasteiger partial charge in [-0.1, -0.05) is 41.4 Å². The summed E-state index contributed by atoms with van der Waals surface area (Å²) in [4.78, 5) is 51.4. The summed E-state index contributed by atoms with van der Waals surface area (Å²) in [5.74, 6) is -1.85. The first-order valence-electron chi connectivity index (χ1n) is 11.6. The van der Waals surface area contributed by atoms with Crippen LogP contribution in [-0.2, 0) is 14.4 Å². The number of nitrogens with zero attached hydrogens (tertiary/aromatic N) is 1. The molecule has 4 rings (SSSR count). The standard InChI is InChI=1S/C28H23Cl2N3O6/c1-15-5-4-6-18(9-15)31-24(34)14-39-25-22(30)11-17(12-23(25)38-3)10-20-26(35)32-28(37)33(27(20)36)19-8-7-16(2)21(29)13-19/h4-13H,14H2,1-3H3,(H,31,34)(H,32,35,37)/b20-10+. The first-order chi connectivity index (χ1) is 18.6. The maximum atomic E-state index is 13.2. The summed E-state index contributed by atoms with van der Waals surface area (Å²) in [5.41, 5.74) is 2.59. The summed E-state index contributed by atoms with van der Waals surface area (Å²) in [6.45, 7) is 3.34. The van der Waals surface area contributed by atoms with Gasteiger partial charge >= 0.3 is 6.03 Å². The molecule has 1 aliphatic heterocycles. The lowest BCUT2D eigenvalue weighted by Crippen LogP contribution is -2.54. The Morgan fingerprint density at radius 2 is 1.79 bits per heavy atom. The molecule has 39 heavy (non-hydrogen) atoms. The Hall–Kier alpha value is -4.34. The van der Waals surface area contributed by atoms with E-state index < -0.39 is 23.8 Å². The predicted molar refractivity (Wildman–Crippen MR) is 148 cm³/mol. The van der Waals surface area contributed by atoms with Crippen molar-refractivity contribution in [3.05, 3.63) is 86.9 Å². The number of urea groups is 1. The Labute approximate surface area is 234 Å². The van der Waals surface area contributed by atoms with Crippen LogP contribution in [0.3, 0.4) is 0 Å². The van der Waals surface area contributed by atoms with Crippen LogP contribution in [0, 0.1) is 13.8 Å². The lowest BCUT2D eigenvalue weighted by atomic mass is 10.1. The fourth-order valence-corrected chi connectivity index (χ4v) is 4.25. The van der Waals surface area contributed by atoms with Gasteiger partial charge in [-0.2, -0.15) is 0 Å². The molecule has 0 atom stereocenters. The minimum Gasteiger partial charge on any atom is -0.493 e. The molecule has 0 saturated carbocycles. The van der Waals surface area contributed by atoms with Gasteiger partial charge in [-0.3, -0.25) is 19.7 Å². The van der Waals surface area contributed by atoms with E-state index >= 15 is 0 Å². The van der Waals surface area contributed by atoms with Gasteiger partial charge in [-0.15, -0.1) is 0 Å². The van der Waals surface area contributed by atoms with Crippen LogP contribution in [0.1, 0.15) is 16.7 Å². The SMILES string of the molecule is COc1cc(/C=C2\C(=O)NC(=O)N(c3ccc(C)c(Cl)c3)C2=O)cc(Cl)c1OCC(=O)Nc1cccc(C)c1. The number of ether oxygens (including phenoxy) is 2. The first kappa shape index (κ1) is 27.7. The lowest BCUT2D eigenvalue weighted by Gasteiger charge is -2.26. The van der Waals surface area contributed by atoms with Gasteiger partial charge in [0.05, 0.1) is 17.8 Å². The van der Waals surface area contributed by atoms with Crippen molar-refractivity contribution in [2.75, 3.05) is 23.9 Å². The van der Waals surface area contributed by atoms with Crippen LogP contribution in [0.15, 0.2) is 60.2 Å². The number of hydrogen-bond donors (Lipinski definition) is 2. The summed E-state index contributed by atoms with van der Waals surface area (Å²) >= 11 is 12.6. The zero-order chi connectivity index (χ0) is 28.3. The van der Waals surface area contributed by atoms with Crippen LogP contribution in [0.25, 0.3) is 6.08 Å². The normalized spacial score (nSPS) is 14.3. The largest absolute Gasteiger partial charge is 0.493 e. The zero-order valence-electron chi connectivity index (χ0n) is 21.1. The highest BCUT2D eigenvalue weighted by atomic mass is 35.5. The summed E-state index contributed by atoms with van der Waals surface area (Å²) in [6.07, 6.45) is 1.27. The molecule has 0 spiro atoms. The Balaban J connectivity index is 1.57. The predicted octanol–water partition coefficient (Wildman–Crippen LogP) is 5.30. The van der Waals surface area contributed by atoms with Crippen molar-refractivity contribution < 1.29 is 28.7 Å². The molecule has 11 heteroatoms. The number of carbonyl (C=O) groups excluding carboxylic acids is 4. The molecule has 9 nitrogen and oxygen atoms in total. The highest BCUT2D eigenvalue weighted by Gasteiger charge is 2.37. The Morgan fingerprint density at radius 3 is 2.49 bits per heavy atom. The Bertz CT molecular complexity index is 1540. The molecule has 200 valence electrons. The maximum absolute atomic E-state index is 13.2. The lowest BCUT2D eigenvalue weighted by molar-refractivity contribution is -0.122. The van der Waals surface area contributed by atoms with E-state index in [0.29, 0.717) is 16.3 Å². The monoisotopic (exact) mass is 567 g/mol. The van der Waals surface area contributed by atoms with E-state index in [1.54, 1.807) is 25.1 Å². The highest BCUT2D eigenvalue weighted by molar-refractivity contribution is 6.39. The van der Waals surface area contributed by atoms with Gasteiger partial charge in [0.2, 0.25) is 0 Å². The molecule has 0 aromatic heterocycles. The molecule has 1 saturated heterocycles. The topological polar surface area (TPSA) is 114 Å². The fraction of sp³-hybridized carbons (Fsp3) is 0.143. The van der Waals surface area contributed by atoms with Crippen molar-refractivity contribution in [2.45, 2.75) is 13.8 Å². The van der Waals surface area contributed by atoms with Gasteiger partial charge in [-0.25, -0.2) is 9.69 Å². The van der Waals surface area contributed by atoms with E-state index in [9.17, 15) is 19.2 Å². The summed E-state index contributed by atoms with van der Waals surface area (Å²) in [5, 5.41) is 5.32. The molecular formula is C28H23Cl2N3O6. The molecule has 3 aromatic carbocycles. The molecule has 0 radical (unpaired) electrons. The van der Waals surface area contributed by atoms with E-state index in [-0.39, 0.29) is 34.4 Å². The number of anilines is 2. The van der Waals surface area contributed by atoms with E-state index in [2.05, 4.69) is 10.6 Å². The second-order valence-electron chi connectivity index (χ2n) is 8.63. The van der Waals surface area contributed by atoms with Gasteiger partial charge in [-0.05, 0) is 73.0 Å². The summed E-state index contributed by atoms with van der Waals surface area (Å²) < 4.78 is 11.0. The number of imide groups is 2. The van der Waals surface area contributed by atoms with Crippen molar-refractivity contribution in [1.29, 1.82) is 0 Å². The number of carbonyl (C=O) groups is 4. The maximum Gasteiger partial charge on any atom is 0.335 e. The number of hydrogen-bond acceptors (Lipinski definition) is 6. The summed E-state index contributed by atoms with van der Waals surface area (Å²) in [7, 11) is 1.38. The zero-order valence-corrected chi connectivity index (χ0v) is 22.6. The molecule has 3 aromatic rings. The van der Waals surface area contributed by atoms with Crippen LogP contribution in [0.5, 0.6) is 11.5 Å². The molecule has 1 fully saturated rings. The van der Waals surface area contributed by atoms with Crippen molar-refractivity contribution in [1.82, 2.24) is 5.32 Å². The number of aryl methyl sites for hydroxylation is 2. The second kappa shape index (κ2) is 11.6. The fourth-order valence-electron chi connectivity index (χ4n) is 3.80. The number of halogens is 2. The van der Waals surface area contributed by atoms with Crippen LogP contribution < -0.4 is 25.0 Å². The van der Waals surface area contributed by atoms with Crippen molar-refractivity contribution in [2.24, 2.45) is 0 Å². The third-order valence-corrected chi connectivity index (χ3v) is 6.42. The highest BCUT2D eigenvalue weighted by Crippen LogP contribution is 2.37. The smallest absolute Gasteiger partial charge is 0.335 e. The van der Waals surface area contributed by atoms with Gasteiger partial charge in [0, 0.05) is 10.7 Å². The van der Waals surface area contributed by atoms with Crippen molar-refractivity contribution in [3.63, 3.8) is 0 Å². The molecule has 1 aliphatic rings. The second-order valence-corrected chi connectivity index (χ2v) is 9.45. The molecule has 0 bridgehead atoms. The number of nitrogens with one attached hydrogen (secondary N) is 2. The number of amides is 5. The van der Waals surface area contributed by atoms with E-state index in [1.807, 2.05) is 25.1 Å². The van der Waals surface area contributed by atoms with Crippen LogP contribution in [-0.4, -0.2) is 37.5 Å². The minimum atomic E-state index is -0.898. The minimum absolute atomic E-state index is 0.0754. The molecule has 1 heterocycles. The number of benzene rings is 3. The molecular weight excluding hydrogens is 545 g/mol. The van der Waals surface area contributed by atoms with E-state index in [4.69, 9.17) is 32.7 Å². The van der Waals surface area contributed by atoms with Crippen LogP contribution >= 0.6 is 23.2 Å². The quantitative estimate of drug-likeness (QED) is 0.295. The Kier molecular flexibility index (Phi) is 8.23. The number of barbiturate groups is 1. The van der Waals surface area contributed by atoms with Gasteiger partial charge in [0.1, 0.15) is 5.57 Å². The molecule has 0 unspecified atom stereocenters. The van der Waals surface area contributed by atoms with E-state index in [1.165, 1.54) is 31.4 Å². The summed E-state index contributed by atoms with van der Waals surface area (Å²) in [6, 6.07) is 14.0. The third-order valence-electron chi connectivity index (χ3n) is 5.73. The van der Waals surface area contributed by atoms with E-state index in [0.717, 1.165) is 16.0 Å². The average molecular weight is 568 g/mol. The Morgan fingerprint density at radius 1 is 1.03 bits per heavy atom. The molecule has 2 N–H and O–H groups in total. The van der Waals surface area contributed by atoms with Crippen molar-refractivity contribution in [3.8, 4) is 11.5 Å². The number of methoxy groups -OCH3 is 1. The molecule has 0 aliphatic carbocycles. The molecule has 5 amide bonds. The van der Waals surface area contributed by atoms with Crippen molar-refractivity contribution >= 4 is 64.4 Å². The van der Waals surface area contributed by atoms with Gasteiger partial charge in [0.15, 0.2) is 18.1 Å². The van der Waals surface area contributed by atoms with Crippen LogP contribution in [0.4, 0.5) is 16.2 Å². The average Bonchev–Trinajstić information content (AvgIpc) is 2.87. The van der Waals surface area contributed by atoms with Gasteiger partial charge < -0.3 is 14.8 Å². The first-order valence-corrected chi connectivity index (χ1v) is 12.4. The van der Waals surface area contributed by atoms with Gasteiger partial charge in [0.25, 0.3) is 17.7 Å². The third kappa shape index (κ3) is 6.22. The van der Waals surface area contributed by atoms with Crippen LogP contribution in [0.2, 0.25) is 10.0 Å².